The predicted molar refractivity (Wildman–Crippen MR) is 79.1 cm³/mol. The van der Waals surface area contributed by atoms with Crippen LogP contribution in [-0.4, -0.2) is 24.6 Å². The van der Waals surface area contributed by atoms with Crippen LogP contribution in [0, 0.1) is 0 Å². The van der Waals surface area contributed by atoms with Gasteiger partial charge in [0.25, 0.3) is 5.91 Å². The molecule has 1 amide bonds. The summed E-state index contributed by atoms with van der Waals surface area (Å²) < 4.78 is 5.56. The average molecular weight is 274 g/mol. The fourth-order valence-electron chi connectivity index (χ4n) is 2.96. The van der Waals surface area contributed by atoms with Gasteiger partial charge in [-0.2, -0.15) is 0 Å². The molecular weight excluding hydrogens is 252 g/mol. The first kappa shape index (κ1) is 13.4. The fraction of sp³-hybridized carbons (Fsp3) is 0.562. The van der Waals surface area contributed by atoms with Crippen molar-refractivity contribution in [1.29, 1.82) is 0 Å². The maximum atomic E-state index is 11.6. The number of nitrogens with one attached hydrogen (secondary N) is 2. The largest absolute Gasteiger partial charge is 0.479 e. The number of rotatable bonds is 4. The summed E-state index contributed by atoms with van der Waals surface area (Å²) in [5.74, 6) is 0.698. The first-order valence-electron chi connectivity index (χ1n) is 7.56. The maximum Gasteiger partial charge on any atom is 0.265 e. The molecule has 0 saturated heterocycles. The summed E-state index contributed by atoms with van der Waals surface area (Å²) in [7, 11) is 0. The lowest BCUT2D eigenvalue weighted by Gasteiger charge is -2.23. The predicted octanol–water partition coefficient (Wildman–Crippen LogP) is 2.48. The Morgan fingerprint density at radius 2 is 2.15 bits per heavy atom. The van der Waals surface area contributed by atoms with Gasteiger partial charge in [0.05, 0.1) is 5.69 Å². The van der Waals surface area contributed by atoms with Crippen LogP contribution in [0.25, 0.3) is 0 Å². The van der Waals surface area contributed by atoms with E-state index >= 15 is 0 Å². The smallest absolute Gasteiger partial charge is 0.265 e. The highest BCUT2D eigenvalue weighted by molar-refractivity contribution is 5.97. The van der Waals surface area contributed by atoms with Crippen molar-refractivity contribution < 1.29 is 9.53 Å². The summed E-state index contributed by atoms with van der Waals surface area (Å²) in [6.07, 6.45) is 5.92. The number of anilines is 1. The molecule has 3 rings (SSSR count). The summed E-state index contributed by atoms with van der Waals surface area (Å²) in [5.41, 5.74) is 2.03. The van der Waals surface area contributed by atoms with Crippen LogP contribution in [-0.2, 0) is 11.2 Å². The van der Waals surface area contributed by atoms with Crippen molar-refractivity contribution in [2.45, 2.75) is 51.2 Å². The van der Waals surface area contributed by atoms with E-state index in [2.05, 4.69) is 16.7 Å². The van der Waals surface area contributed by atoms with Crippen molar-refractivity contribution in [2.24, 2.45) is 0 Å². The molecule has 1 saturated carbocycles. The zero-order valence-electron chi connectivity index (χ0n) is 11.9. The average Bonchev–Trinajstić information content (AvgIpc) is 2.93. The molecule has 1 aliphatic heterocycles. The molecule has 0 radical (unpaired) electrons. The number of hydrogen-bond donors (Lipinski definition) is 2. The molecule has 1 aromatic carbocycles. The normalized spacial score (nSPS) is 22.2. The van der Waals surface area contributed by atoms with Gasteiger partial charge in [0, 0.05) is 6.04 Å². The molecule has 108 valence electrons. The van der Waals surface area contributed by atoms with Gasteiger partial charge in [0.1, 0.15) is 5.75 Å². The van der Waals surface area contributed by atoms with E-state index in [9.17, 15) is 4.79 Å². The quantitative estimate of drug-likeness (QED) is 0.887. The molecule has 4 nitrogen and oxygen atoms in total. The van der Waals surface area contributed by atoms with Gasteiger partial charge in [-0.15, -0.1) is 0 Å². The van der Waals surface area contributed by atoms with E-state index in [1.807, 2.05) is 12.1 Å². The van der Waals surface area contributed by atoms with Crippen LogP contribution in [0.4, 0.5) is 5.69 Å². The number of fused-ring (bicyclic) bond motifs is 1. The van der Waals surface area contributed by atoms with Crippen molar-refractivity contribution in [3.8, 4) is 5.75 Å². The van der Waals surface area contributed by atoms with Gasteiger partial charge < -0.3 is 15.4 Å². The Hall–Kier alpha value is -1.55. The summed E-state index contributed by atoms with van der Waals surface area (Å²) in [6, 6.07) is 6.77. The molecule has 1 heterocycles. The van der Waals surface area contributed by atoms with Gasteiger partial charge in [-0.1, -0.05) is 18.9 Å². The Labute approximate surface area is 119 Å². The van der Waals surface area contributed by atoms with Crippen molar-refractivity contribution in [3.63, 3.8) is 0 Å². The van der Waals surface area contributed by atoms with Crippen molar-refractivity contribution in [3.05, 3.63) is 23.8 Å². The van der Waals surface area contributed by atoms with E-state index in [1.165, 1.54) is 31.2 Å². The van der Waals surface area contributed by atoms with Gasteiger partial charge >= 0.3 is 0 Å². The number of amides is 1. The zero-order valence-corrected chi connectivity index (χ0v) is 11.9. The lowest BCUT2D eigenvalue weighted by molar-refractivity contribution is -0.122. The SMILES string of the molecule is CC1Oc2ccc(CCNC3CCCC3)cc2NC1=O. The van der Waals surface area contributed by atoms with Crippen LogP contribution in [0.15, 0.2) is 18.2 Å². The standard InChI is InChI=1S/C16H22N2O2/c1-11-16(19)18-14-10-12(6-7-15(14)20-11)8-9-17-13-4-2-3-5-13/h6-7,10-11,13,17H,2-5,8-9H2,1H3,(H,18,19). The van der Waals surface area contributed by atoms with Crippen molar-refractivity contribution >= 4 is 11.6 Å². The van der Waals surface area contributed by atoms with Crippen LogP contribution in [0.5, 0.6) is 5.75 Å². The van der Waals surface area contributed by atoms with Crippen LogP contribution in [0.1, 0.15) is 38.2 Å². The van der Waals surface area contributed by atoms with E-state index in [0.717, 1.165) is 24.4 Å². The second-order valence-electron chi connectivity index (χ2n) is 5.77. The van der Waals surface area contributed by atoms with Gasteiger partial charge in [0.15, 0.2) is 6.10 Å². The minimum Gasteiger partial charge on any atom is -0.479 e. The topological polar surface area (TPSA) is 50.4 Å². The molecule has 4 heteroatoms. The summed E-state index contributed by atoms with van der Waals surface area (Å²) in [5, 5.41) is 6.50. The van der Waals surface area contributed by atoms with Crippen LogP contribution >= 0.6 is 0 Å². The third-order valence-corrected chi connectivity index (χ3v) is 4.18. The van der Waals surface area contributed by atoms with Gasteiger partial charge in [-0.25, -0.2) is 0 Å². The van der Waals surface area contributed by atoms with E-state index in [-0.39, 0.29) is 5.91 Å². The Balaban J connectivity index is 1.58. The Morgan fingerprint density at radius 1 is 1.35 bits per heavy atom. The molecule has 1 aromatic rings. The van der Waals surface area contributed by atoms with Crippen molar-refractivity contribution in [1.82, 2.24) is 5.32 Å². The minimum atomic E-state index is -0.405. The minimum absolute atomic E-state index is 0.0706. The zero-order chi connectivity index (χ0) is 13.9. The van der Waals surface area contributed by atoms with Crippen LogP contribution in [0.2, 0.25) is 0 Å². The number of hydrogen-bond acceptors (Lipinski definition) is 3. The molecule has 20 heavy (non-hydrogen) atoms. The van der Waals surface area contributed by atoms with Crippen LogP contribution in [0.3, 0.4) is 0 Å². The monoisotopic (exact) mass is 274 g/mol. The number of ether oxygens (including phenoxy) is 1. The first-order valence-corrected chi connectivity index (χ1v) is 7.56. The lowest BCUT2D eigenvalue weighted by atomic mass is 10.1. The van der Waals surface area contributed by atoms with E-state index in [0.29, 0.717) is 6.04 Å². The number of carbonyl (C=O) groups excluding carboxylic acids is 1. The number of benzene rings is 1. The molecule has 1 aliphatic carbocycles. The highest BCUT2D eigenvalue weighted by Crippen LogP contribution is 2.30. The Morgan fingerprint density at radius 3 is 2.95 bits per heavy atom. The lowest BCUT2D eigenvalue weighted by Crippen LogP contribution is -2.34. The fourth-order valence-corrected chi connectivity index (χ4v) is 2.96. The van der Waals surface area contributed by atoms with E-state index in [1.54, 1.807) is 6.92 Å². The highest BCUT2D eigenvalue weighted by Gasteiger charge is 2.23. The third-order valence-electron chi connectivity index (χ3n) is 4.18. The van der Waals surface area contributed by atoms with Gasteiger partial charge in [0.2, 0.25) is 0 Å². The Bertz CT molecular complexity index is 495. The molecular formula is C16H22N2O2. The molecule has 1 fully saturated rings. The maximum absolute atomic E-state index is 11.6. The second-order valence-corrected chi connectivity index (χ2v) is 5.77. The molecule has 0 spiro atoms. The molecule has 2 aliphatic rings. The Kier molecular flexibility index (Phi) is 3.92. The van der Waals surface area contributed by atoms with Gasteiger partial charge in [-0.3, -0.25) is 4.79 Å². The van der Waals surface area contributed by atoms with Crippen LogP contribution < -0.4 is 15.4 Å². The van der Waals surface area contributed by atoms with E-state index in [4.69, 9.17) is 4.74 Å². The first-order chi connectivity index (χ1) is 9.72. The molecule has 0 aromatic heterocycles. The third kappa shape index (κ3) is 2.96. The highest BCUT2D eigenvalue weighted by atomic mass is 16.5. The molecule has 0 bridgehead atoms. The van der Waals surface area contributed by atoms with E-state index < -0.39 is 6.10 Å². The summed E-state index contributed by atoms with van der Waals surface area (Å²) in [6.45, 7) is 2.76. The second kappa shape index (κ2) is 5.83. The summed E-state index contributed by atoms with van der Waals surface area (Å²) in [4.78, 5) is 11.6. The molecule has 2 N–H and O–H groups in total. The number of carbonyl (C=O) groups is 1. The molecule has 1 unspecified atom stereocenters. The van der Waals surface area contributed by atoms with Gasteiger partial charge in [-0.05, 0) is 50.4 Å². The van der Waals surface area contributed by atoms with Crippen molar-refractivity contribution in [2.75, 3.05) is 11.9 Å². The molecule has 1 atom stereocenters. The summed E-state index contributed by atoms with van der Waals surface area (Å²) >= 11 is 0.